The number of hydrogen-bond donors (Lipinski definition) is 0. The Morgan fingerprint density at radius 3 is 2.12 bits per heavy atom. The van der Waals surface area contributed by atoms with Gasteiger partial charge in [0.2, 0.25) is 0 Å². The van der Waals surface area contributed by atoms with Crippen LogP contribution in [0.5, 0.6) is 11.5 Å². The maximum absolute atomic E-state index is 6.63. The Bertz CT molecular complexity index is 2760. The molecule has 6 aromatic carbocycles. The highest BCUT2D eigenvalue weighted by Gasteiger charge is 2.25. The van der Waals surface area contributed by atoms with Crippen molar-refractivity contribution in [2.24, 2.45) is 7.05 Å². The van der Waals surface area contributed by atoms with Gasteiger partial charge >= 0.3 is 0 Å². The maximum Gasteiger partial charge on any atom is 0.139 e. The molecule has 1 aliphatic heterocycles. The van der Waals surface area contributed by atoms with E-state index in [9.17, 15) is 0 Å². The van der Waals surface area contributed by atoms with Gasteiger partial charge in [0, 0.05) is 71.2 Å². The van der Waals surface area contributed by atoms with Crippen LogP contribution in [0.1, 0.15) is 0 Å². The summed E-state index contributed by atoms with van der Waals surface area (Å²) in [6, 6.07) is 51.3. The number of fused-ring (bicyclic) bond motifs is 7. The van der Waals surface area contributed by atoms with E-state index in [1.807, 2.05) is 12.3 Å². The summed E-state index contributed by atoms with van der Waals surface area (Å²) in [6.07, 6.45) is 2.01. The third-order valence-electron chi connectivity index (χ3n) is 10.2. The largest absolute Gasteiger partial charge is 0.457 e. The maximum atomic E-state index is 6.63. The number of nitrogens with zero attached hydrogens (tertiary/aromatic N) is 5. The van der Waals surface area contributed by atoms with Crippen molar-refractivity contribution in [3.8, 4) is 28.4 Å². The van der Waals surface area contributed by atoms with Crippen LogP contribution in [-0.4, -0.2) is 27.8 Å². The number of pyridine rings is 1. The highest BCUT2D eigenvalue weighted by atomic mass is 16.5. The molecule has 6 nitrogen and oxygen atoms in total. The Labute approximate surface area is 289 Å². The lowest BCUT2D eigenvalue weighted by Crippen LogP contribution is -2.23. The summed E-state index contributed by atoms with van der Waals surface area (Å²) in [5.41, 5.74) is 10.4. The van der Waals surface area contributed by atoms with Gasteiger partial charge in [0.25, 0.3) is 0 Å². The molecule has 3 aromatic heterocycles. The van der Waals surface area contributed by atoms with Crippen molar-refractivity contribution in [3.63, 3.8) is 0 Å². The molecule has 240 valence electrons. The highest BCUT2D eigenvalue weighted by molar-refractivity contribution is 6.11. The summed E-state index contributed by atoms with van der Waals surface area (Å²) in [5, 5.41) is 4.71. The van der Waals surface area contributed by atoms with Gasteiger partial charge in [-0.25, -0.2) is 4.98 Å². The molecule has 50 heavy (non-hydrogen) atoms. The van der Waals surface area contributed by atoms with Gasteiger partial charge in [0.1, 0.15) is 17.3 Å². The minimum Gasteiger partial charge on any atom is -0.457 e. The van der Waals surface area contributed by atoms with Gasteiger partial charge in [-0.2, -0.15) is 0 Å². The number of para-hydroxylation sites is 2. The molecule has 0 unspecified atom stereocenters. The summed E-state index contributed by atoms with van der Waals surface area (Å²) in [7, 11) is 4.27. The Kier molecular flexibility index (Phi) is 6.27. The van der Waals surface area contributed by atoms with E-state index in [0.717, 1.165) is 57.0 Å². The zero-order valence-electron chi connectivity index (χ0n) is 27.8. The SMILES string of the molecule is CN1CN(c2cccc(Oc3ccc4c5ccccc5n(-c5cc6c(cn5)c5ccccc5n6C)c4c3)c2)c2cc(-c3ccccc3)ccc21. The molecule has 0 saturated heterocycles. The van der Waals surface area contributed by atoms with E-state index in [4.69, 9.17) is 9.72 Å². The number of anilines is 3. The van der Waals surface area contributed by atoms with Crippen LogP contribution < -0.4 is 14.5 Å². The summed E-state index contributed by atoms with van der Waals surface area (Å²) < 4.78 is 11.1. The number of ether oxygens (including phenoxy) is 1. The van der Waals surface area contributed by atoms with Gasteiger partial charge in [-0.3, -0.25) is 4.57 Å². The first kappa shape index (κ1) is 28.5. The smallest absolute Gasteiger partial charge is 0.139 e. The van der Waals surface area contributed by atoms with E-state index in [1.165, 1.54) is 38.8 Å². The molecule has 0 aliphatic carbocycles. The summed E-state index contributed by atoms with van der Waals surface area (Å²) in [4.78, 5) is 9.67. The fourth-order valence-electron chi connectivity index (χ4n) is 7.73. The molecule has 0 bridgehead atoms. The first-order valence-electron chi connectivity index (χ1n) is 16.9. The molecule has 0 radical (unpaired) electrons. The molecule has 9 aromatic rings. The van der Waals surface area contributed by atoms with Crippen LogP contribution in [0.2, 0.25) is 0 Å². The van der Waals surface area contributed by atoms with Crippen molar-refractivity contribution < 1.29 is 4.74 Å². The summed E-state index contributed by atoms with van der Waals surface area (Å²) >= 11 is 0. The van der Waals surface area contributed by atoms with E-state index in [0.29, 0.717) is 0 Å². The van der Waals surface area contributed by atoms with Crippen LogP contribution in [0.4, 0.5) is 17.1 Å². The summed E-state index contributed by atoms with van der Waals surface area (Å²) in [5.74, 6) is 2.44. The van der Waals surface area contributed by atoms with E-state index >= 15 is 0 Å². The van der Waals surface area contributed by atoms with Crippen molar-refractivity contribution in [1.29, 1.82) is 0 Å². The van der Waals surface area contributed by atoms with E-state index in [-0.39, 0.29) is 0 Å². The lowest BCUT2D eigenvalue weighted by Gasteiger charge is -2.20. The predicted molar refractivity (Wildman–Crippen MR) is 206 cm³/mol. The minimum atomic E-state index is 0.761. The predicted octanol–water partition coefficient (Wildman–Crippen LogP) is 10.8. The van der Waals surface area contributed by atoms with Crippen LogP contribution >= 0.6 is 0 Å². The molecular weight excluding hydrogens is 615 g/mol. The number of aryl methyl sites for hydroxylation is 1. The molecule has 0 fully saturated rings. The van der Waals surface area contributed by atoms with Gasteiger partial charge in [0.15, 0.2) is 0 Å². The zero-order valence-corrected chi connectivity index (χ0v) is 27.8. The Morgan fingerprint density at radius 2 is 1.26 bits per heavy atom. The van der Waals surface area contributed by atoms with Crippen LogP contribution in [0.15, 0.2) is 152 Å². The summed E-state index contributed by atoms with van der Waals surface area (Å²) in [6.45, 7) is 0.761. The fraction of sp³-hybridized carbons (Fsp3) is 0.0682. The Balaban J connectivity index is 1.04. The second kappa shape index (κ2) is 11.0. The van der Waals surface area contributed by atoms with Crippen LogP contribution in [0.3, 0.4) is 0 Å². The van der Waals surface area contributed by atoms with Crippen LogP contribution in [0, 0.1) is 0 Å². The molecule has 6 heteroatoms. The lowest BCUT2D eigenvalue weighted by molar-refractivity contribution is 0.483. The number of rotatable bonds is 5. The van der Waals surface area contributed by atoms with Crippen molar-refractivity contribution in [2.75, 3.05) is 23.5 Å². The number of aromatic nitrogens is 3. The van der Waals surface area contributed by atoms with Gasteiger partial charge in [-0.1, -0.05) is 78.9 Å². The second-order valence-corrected chi connectivity index (χ2v) is 13.1. The molecule has 0 N–H and O–H groups in total. The van der Waals surface area contributed by atoms with E-state index in [1.54, 1.807) is 0 Å². The molecule has 0 atom stereocenters. The zero-order chi connectivity index (χ0) is 33.3. The normalized spacial score (nSPS) is 12.8. The van der Waals surface area contributed by atoms with Crippen LogP contribution in [0.25, 0.3) is 60.6 Å². The van der Waals surface area contributed by atoms with Gasteiger partial charge in [0.05, 0.1) is 34.6 Å². The number of benzene rings is 6. The van der Waals surface area contributed by atoms with Crippen molar-refractivity contribution in [2.45, 2.75) is 0 Å². The third kappa shape index (κ3) is 4.38. The highest BCUT2D eigenvalue weighted by Crippen LogP contribution is 2.43. The van der Waals surface area contributed by atoms with Gasteiger partial charge in [-0.15, -0.1) is 0 Å². The van der Waals surface area contributed by atoms with E-state index in [2.05, 4.69) is 173 Å². The Hall–Kier alpha value is -6.53. The molecule has 0 saturated carbocycles. The van der Waals surface area contributed by atoms with Crippen molar-refractivity contribution in [3.05, 3.63) is 152 Å². The minimum absolute atomic E-state index is 0.761. The average molecular weight is 648 g/mol. The molecule has 0 spiro atoms. The van der Waals surface area contributed by atoms with Gasteiger partial charge in [-0.05, 0) is 59.7 Å². The standard InChI is InChI=1S/C44H33N5O/c1-46-28-48(43-23-30(19-22-40(43)46)29-11-4-3-5-12-29)31-13-10-14-32(24-31)50-33-20-21-36-34-15-7-9-18-39(34)49(42(36)25-33)44-26-41-37(27-45-44)35-16-6-8-17-38(35)47(41)2/h3-27H,28H2,1-2H3. The van der Waals surface area contributed by atoms with E-state index < -0.39 is 0 Å². The Morgan fingerprint density at radius 1 is 0.520 bits per heavy atom. The average Bonchev–Trinajstić information content (AvgIpc) is 3.78. The first-order chi connectivity index (χ1) is 24.6. The second-order valence-electron chi connectivity index (χ2n) is 13.1. The first-order valence-corrected chi connectivity index (χ1v) is 16.9. The fourth-order valence-corrected chi connectivity index (χ4v) is 7.73. The molecule has 10 rings (SSSR count). The quantitative estimate of drug-likeness (QED) is 0.186. The lowest BCUT2D eigenvalue weighted by atomic mass is 10.0. The number of hydrogen-bond acceptors (Lipinski definition) is 4. The van der Waals surface area contributed by atoms with Crippen molar-refractivity contribution >= 4 is 60.7 Å². The van der Waals surface area contributed by atoms with Crippen LogP contribution in [-0.2, 0) is 7.05 Å². The molecule has 1 aliphatic rings. The monoisotopic (exact) mass is 647 g/mol. The molecule has 0 amide bonds. The third-order valence-corrected chi connectivity index (χ3v) is 10.2. The molecular formula is C44H33N5O. The topological polar surface area (TPSA) is 38.5 Å². The molecule has 4 heterocycles. The van der Waals surface area contributed by atoms with Crippen molar-refractivity contribution in [1.82, 2.24) is 14.1 Å². The van der Waals surface area contributed by atoms with Gasteiger partial charge < -0.3 is 19.1 Å².